The Morgan fingerprint density at radius 2 is 0.727 bits per heavy atom. The third kappa shape index (κ3) is 11.9. The highest BCUT2D eigenvalue weighted by Gasteiger charge is 2.00. The lowest BCUT2D eigenvalue weighted by Crippen LogP contribution is -2.39. The summed E-state index contributed by atoms with van der Waals surface area (Å²) in [5, 5.41) is 15.7. The highest BCUT2D eigenvalue weighted by atomic mass is 15.0. The number of hydrogen-bond donors (Lipinski definition) is 4. The lowest BCUT2D eigenvalue weighted by atomic mass is 10.1. The number of aromatic nitrogens is 5. The quantitative estimate of drug-likeness (QED) is 0.208. The third-order valence-corrected chi connectivity index (χ3v) is 6.42. The monoisotopic (exact) mass is 587 g/mol. The van der Waals surface area contributed by atoms with Gasteiger partial charge in [-0.15, -0.1) is 0 Å². The van der Waals surface area contributed by atoms with Gasteiger partial charge in [-0.25, -0.2) is 0 Å². The molecule has 0 spiro atoms. The summed E-state index contributed by atoms with van der Waals surface area (Å²) in [5.74, 6) is 0. The van der Waals surface area contributed by atoms with Gasteiger partial charge in [0.2, 0.25) is 0 Å². The summed E-state index contributed by atoms with van der Waals surface area (Å²) >= 11 is 0. The van der Waals surface area contributed by atoms with E-state index in [0.29, 0.717) is 0 Å². The Balaban J connectivity index is 0.000000138. The van der Waals surface area contributed by atoms with Gasteiger partial charge < -0.3 is 21.3 Å². The lowest BCUT2D eigenvalue weighted by Gasteiger charge is -2.11. The Morgan fingerprint density at radius 3 is 1.05 bits per heavy atom. The molecule has 1 aliphatic rings. The van der Waals surface area contributed by atoms with Crippen molar-refractivity contribution in [2.24, 2.45) is 0 Å². The second kappa shape index (κ2) is 20.3. The number of pyridine rings is 5. The molecule has 0 amide bonds. The topological polar surface area (TPSA) is 113 Å². The van der Waals surface area contributed by atoms with Crippen molar-refractivity contribution in [2.75, 3.05) is 52.4 Å². The van der Waals surface area contributed by atoms with Crippen molar-refractivity contribution in [1.29, 1.82) is 0 Å². The summed E-state index contributed by atoms with van der Waals surface area (Å²) in [4.78, 5) is 20.9. The Morgan fingerprint density at radius 1 is 0.341 bits per heavy atom. The van der Waals surface area contributed by atoms with Crippen LogP contribution in [0.1, 0.15) is 0 Å². The minimum atomic E-state index is 0.915. The molecule has 0 radical (unpaired) electrons. The van der Waals surface area contributed by atoms with E-state index in [1.165, 1.54) is 0 Å². The van der Waals surface area contributed by atoms with E-state index in [1.54, 1.807) is 37.2 Å². The Kier molecular flexibility index (Phi) is 14.9. The maximum Gasteiger partial charge on any atom is 0.0964 e. The van der Waals surface area contributed by atoms with Gasteiger partial charge in [-0.05, 0) is 48.5 Å². The predicted molar refractivity (Wildman–Crippen MR) is 180 cm³/mol. The minimum Gasteiger partial charge on any atom is -0.314 e. The van der Waals surface area contributed by atoms with Gasteiger partial charge in [0.05, 0.1) is 22.4 Å². The van der Waals surface area contributed by atoms with E-state index >= 15 is 0 Å². The van der Waals surface area contributed by atoms with E-state index in [2.05, 4.69) is 70.5 Å². The first-order valence-electron chi connectivity index (χ1n) is 15.0. The normalized spacial score (nSPS) is 13.7. The Labute approximate surface area is 259 Å². The van der Waals surface area contributed by atoms with Gasteiger partial charge in [0.25, 0.3) is 0 Å². The molecule has 0 unspecified atom stereocenters. The summed E-state index contributed by atoms with van der Waals surface area (Å²) in [6, 6.07) is 29.4. The maximum atomic E-state index is 4.35. The van der Waals surface area contributed by atoms with Gasteiger partial charge in [-0.1, -0.05) is 42.5 Å². The molecular weight excluding hydrogens is 546 g/mol. The van der Waals surface area contributed by atoms with Crippen molar-refractivity contribution < 1.29 is 0 Å². The highest BCUT2D eigenvalue weighted by molar-refractivity contribution is 6.02. The van der Waals surface area contributed by atoms with Crippen molar-refractivity contribution in [2.45, 2.75) is 0 Å². The molecule has 6 heterocycles. The summed E-state index contributed by atoms with van der Waals surface area (Å²) in [5.41, 5.74) is 3.78. The zero-order valence-electron chi connectivity index (χ0n) is 25.0. The van der Waals surface area contributed by atoms with Crippen LogP contribution in [0, 0.1) is 0 Å². The molecule has 226 valence electrons. The molecule has 1 aromatic carbocycles. The van der Waals surface area contributed by atoms with Crippen molar-refractivity contribution in [3.05, 3.63) is 128 Å². The maximum absolute atomic E-state index is 4.35. The standard InChI is InChI=1S/C12H8N2.C10H8N2.C8H20N4.C5H5N/c1-3-9-5-6-10-4-2-8-14-12(10)11(9)13-7-1;1-3-7-11-9(5-1)10-6-2-4-8-12-10;1-2-10-5-6-12-8-7-11-4-3-9-1;1-2-4-6-5-3-1/h1-8H;1-8H;9-12H,1-8H2;1-5H. The van der Waals surface area contributed by atoms with Gasteiger partial charge in [0.1, 0.15) is 0 Å². The Bertz CT molecular complexity index is 1410. The van der Waals surface area contributed by atoms with E-state index in [9.17, 15) is 0 Å². The zero-order chi connectivity index (χ0) is 30.3. The van der Waals surface area contributed by atoms with Gasteiger partial charge in [-0.3, -0.25) is 24.9 Å². The van der Waals surface area contributed by atoms with Crippen LogP contribution in [0.2, 0.25) is 0 Å². The van der Waals surface area contributed by atoms with E-state index < -0.39 is 0 Å². The first-order valence-corrected chi connectivity index (χ1v) is 15.0. The van der Waals surface area contributed by atoms with E-state index in [-0.39, 0.29) is 0 Å². The molecule has 9 heteroatoms. The van der Waals surface area contributed by atoms with Crippen molar-refractivity contribution in [3.8, 4) is 11.4 Å². The number of fused-ring (bicyclic) bond motifs is 3. The third-order valence-electron chi connectivity index (χ3n) is 6.42. The molecule has 1 aliphatic heterocycles. The number of benzene rings is 1. The number of nitrogens with zero attached hydrogens (tertiary/aromatic N) is 5. The molecular formula is C35H41N9. The fourth-order valence-corrected chi connectivity index (χ4v) is 4.23. The van der Waals surface area contributed by atoms with E-state index in [1.807, 2.05) is 66.7 Å². The largest absolute Gasteiger partial charge is 0.314 e. The van der Waals surface area contributed by atoms with Gasteiger partial charge in [0, 0.05) is 100 Å². The van der Waals surface area contributed by atoms with Crippen LogP contribution in [0.5, 0.6) is 0 Å². The van der Waals surface area contributed by atoms with Gasteiger partial charge in [0.15, 0.2) is 0 Å². The van der Waals surface area contributed by atoms with E-state index in [4.69, 9.17) is 0 Å². The molecule has 0 saturated carbocycles. The molecule has 9 nitrogen and oxygen atoms in total. The molecule has 1 fully saturated rings. The molecule has 7 rings (SSSR count). The SMILES string of the molecule is C1CNCCNCCNCCN1.c1ccc(-c2ccccn2)nc1.c1ccncc1.c1cnc2c(c1)ccc1cccnc12. The summed E-state index contributed by atoms with van der Waals surface area (Å²) in [7, 11) is 0. The lowest BCUT2D eigenvalue weighted by molar-refractivity contribution is 0.534. The van der Waals surface area contributed by atoms with Crippen LogP contribution in [-0.2, 0) is 0 Å². The number of hydrogen-bond acceptors (Lipinski definition) is 9. The second-order valence-electron chi connectivity index (χ2n) is 9.67. The summed E-state index contributed by atoms with van der Waals surface area (Å²) in [6.45, 7) is 8.57. The molecule has 6 aromatic rings. The predicted octanol–water partition coefficient (Wildman–Crippen LogP) is 4.37. The van der Waals surface area contributed by atoms with Crippen LogP contribution >= 0.6 is 0 Å². The minimum absolute atomic E-state index is 0.915. The molecule has 0 aliphatic carbocycles. The number of rotatable bonds is 1. The van der Waals surface area contributed by atoms with Crippen molar-refractivity contribution in [3.63, 3.8) is 0 Å². The molecule has 0 bridgehead atoms. The summed E-state index contributed by atoms with van der Waals surface area (Å²) < 4.78 is 0. The summed E-state index contributed by atoms with van der Waals surface area (Å²) in [6.07, 6.45) is 10.6. The average molecular weight is 588 g/mol. The Hall–Kier alpha value is -4.67. The van der Waals surface area contributed by atoms with Crippen molar-refractivity contribution >= 4 is 21.8 Å². The van der Waals surface area contributed by atoms with E-state index in [0.717, 1.165) is 85.6 Å². The first kappa shape index (κ1) is 32.2. The van der Waals surface area contributed by atoms with Gasteiger partial charge >= 0.3 is 0 Å². The molecule has 44 heavy (non-hydrogen) atoms. The smallest absolute Gasteiger partial charge is 0.0964 e. The molecule has 1 saturated heterocycles. The van der Waals surface area contributed by atoms with Crippen LogP contribution in [0.15, 0.2) is 128 Å². The fourth-order valence-electron chi connectivity index (χ4n) is 4.23. The highest BCUT2D eigenvalue weighted by Crippen LogP contribution is 2.20. The van der Waals surface area contributed by atoms with Crippen LogP contribution in [0.3, 0.4) is 0 Å². The van der Waals surface area contributed by atoms with Gasteiger partial charge in [-0.2, -0.15) is 0 Å². The zero-order valence-corrected chi connectivity index (χ0v) is 25.0. The second-order valence-corrected chi connectivity index (χ2v) is 9.67. The van der Waals surface area contributed by atoms with Crippen LogP contribution in [0.4, 0.5) is 0 Å². The molecule has 4 N–H and O–H groups in total. The van der Waals surface area contributed by atoms with Crippen LogP contribution in [-0.4, -0.2) is 77.3 Å². The molecule has 5 aromatic heterocycles. The number of nitrogens with one attached hydrogen (secondary N) is 4. The first-order chi connectivity index (χ1) is 21.9. The van der Waals surface area contributed by atoms with Crippen molar-refractivity contribution in [1.82, 2.24) is 46.2 Å². The fraction of sp³-hybridized carbons (Fsp3) is 0.229. The van der Waals surface area contributed by atoms with Crippen LogP contribution in [0.25, 0.3) is 33.2 Å². The molecule has 0 atom stereocenters. The average Bonchev–Trinajstić information content (AvgIpc) is 3.11. The van der Waals surface area contributed by atoms with Crippen LogP contribution < -0.4 is 21.3 Å².